The third-order valence-electron chi connectivity index (χ3n) is 2.79. The van der Waals surface area contributed by atoms with Gasteiger partial charge in [0.25, 0.3) is 0 Å². The molecule has 0 radical (unpaired) electrons. The number of rotatable bonds is 3. The third-order valence-corrected chi connectivity index (χ3v) is 2.79. The number of nitrogens with one attached hydrogen (secondary N) is 1. The Morgan fingerprint density at radius 3 is 3.12 bits per heavy atom. The number of hydrogen-bond donors (Lipinski definition) is 2. The second kappa shape index (κ2) is 4.95. The molecule has 0 spiro atoms. The van der Waals surface area contributed by atoms with Crippen LogP contribution in [-0.4, -0.2) is 37.8 Å². The van der Waals surface area contributed by atoms with Crippen LogP contribution >= 0.6 is 0 Å². The topological polar surface area (TPSA) is 61.8 Å². The molecule has 0 aliphatic carbocycles. The lowest BCUT2D eigenvalue weighted by Gasteiger charge is -2.22. The highest BCUT2D eigenvalue weighted by molar-refractivity contribution is 5.79. The van der Waals surface area contributed by atoms with Gasteiger partial charge in [-0.25, -0.2) is 0 Å². The van der Waals surface area contributed by atoms with E-state index in [2.05, 4.69) is 5.32 Å². The maximum absolute atomic E-state index is 10.8. The molecule has 0 atom stereocenters. The van der Waals surface area contributed by atoms with E-state index in [1.54, 1.807) is 7.11 Å². The smallest absolute Gasteiger partial charge is 0.323 e. The number of nitrogens with zero attached hydrogens (tertiary/aromatic N) is 1. The van der Waals surface area contributed by atoms with Crippen molar-refractivity contribution in [2.75, 3.05) is 37.0 Å². The van der Waals surface area contributed by atoms with Crippen LogP contribution in [0, 0.1) is 0 Å². The molecule has 92 valence electrons. The summed E-state index contributed by atoms with van der Waals surface area (Å²) in [4.78, 5) is 12.7. The van der Waals surface area contributed by atoms with Crippen LogP contribution in [0.5, 0.6) is 5.75 Å². The van der Waals surface area contributed by atoms with Crippen LogP contribution in [0.25, 0.3) is 0 Å². The van der Waals surface area contributed by atoms with Gasteiger partial charge in [-0.1, -0.05) is 0 Å². The van der Waals surface area contributed by atoms with E-state index in [0.29, 0.717) is 0 Å². The van der Waals surface area contributed by atoms with Gasteiger partial charge in [0.1, 0.15) is 12.3 Å². The van der Waals surface area contributed by atoms with Crippen molar-refractivity contribution in [3.05, 3.63) is 18.2 Å². The molecule has 0 aromatic heterocycles. The number of benzene rings is 1. The monoisotopic (exact) mass is 236 g/mol. The summed E-state index contributed by atoms with van der Waals surface area (Å²) in [5.74, 6) is -0.0397. The Morgan fingerprint density at radius 2 is 2.41 bits per heavy atom. The van der Waals surface area contributed by atoms with Gasteiger partial charge in [0, 0.05) is 19.2 Å². The number of carboxylic acid groups (broad SMARTS) is 1. The van der Waals surface area contributed by atoms with Crippen molar-refractivity contribution >= 4 is 17.3 Å². The van der Waals surface area contributed by atoms with E-state index in [9.17, 15) is 4.79 Å². The molecule has 5 nitrogen and oxygen atoms in total. The highest BCUT2D eigenvalue weighted by Gasteiger charge is 2.17. The Morgan fingerprint density at radius 1 is 1.59 bits per heavy atom. The van der Waals surface area contributed by atoms with E-state index in [1.165, 1.54) is 0 Å². The van der Waals surface area contributed by atoms with E-state index in [-0.39, 0.29) is 6.54 Å². The van der Waals surface area contributed by atoms with Crippen molar-refractivity contribution in [3.8, 4) is 5.75 Å². The SMILES string of the molecule is COc1ccc2c(c1)NCCCN2CC(=O)O. The van der Waals surface area contributed by atoms with E-state index in [4.69, 9.17) is 9.84 Å². The van der Waals surface area contributed by atoms with E-state index >= 15 is 0 Å². The molecule has 1 aliphatic rings. The van der Waals surface area contributed by atoms with Crippen LogP contribution < -0.4 is 15.0 Å². The Bertz CT molecular complexity index is 420. The van der Waals surface area contributed by atoms with Gasteiger partial charge in [0.15, 0.2) is 0 Å². The molecule has 0 bridgehead atoms. The highest BCUT2D eigenvalue weighted by atomic mass is 16.5. The van der Waals surface area contributed by atoms with E-state index in [1.807, 2.05) is 23.1 Å². The van der Waals surface area contributed by atoms with Crippen LogP contribution in [0.2, 0.25) is 0 Å². The first-order valence-electron chi connectivity index (χ1n) is 5.59. The lowest BCUT2D eigenvalue weighted by atomic mass is 10.2. The number of hydrogen-bond acceptors (Lipinski definition) is 4. The van der Waals surface area contributed by atoms with Crippen molar-refractivity contribution < 1.29 is 14.6 Å². The van der Waals surface area contributed by atoms with Crippen molar-refractivity contribution in [1.82, 2.24) is 0 Å². The van der Waals surface area contributed by atoms with Crippen molar-refractivity contribution in [2.45, 2.75) is 6.42 Å². The second-order valence-electron chi connectivity index (χ2n) is 3.98. The number of anilines is 2. The summed E-state index contributed by atoms with van der Waals surface area (Å²) in [5.41, 5.74) is 1.86. The summed E-state index contributed by atoms with van der Waals surface area (Å²) in [7, 11) is 1.62. The maximum atomic E-state index is 10.8. The number of methoxy groups -OCH3 is 1. The lowest BCUT2D eigenvalue weighted by Crippen LogP contribution is -2.30. The first kappa shape index (κ1) is 11.6. The van der Waals surface area contributed by atoms with Crippen LogP contribution in [0.1, 0.15) is 6.42 Å². The quantitative estimate of drug-likeness (QED) is 0.830. The summed E-state index contributed by atoms with van der Waals surface area (Å²) in [6.45, 7) is 1.62. The molecule has 0 saturated carbocycles. The third kappa shape index (κ3) is 2.61. The Balaban J connectivity index is 2.31. The molecule has 0 saturated heterocycles. The zero-order valence-corrected chi connectivity index (χ0v) is 9.77. The molecule has 0 unspecified atom stereocenters. The molecule has 1 aliphatic heterocycles. The standard InChI is InChI=1S/C12H16N2O3/c1-17-9-3-4-11-10(7-9)13-5-2-6-14(11)8-12(15)16/h3-4,7,13H,2,5-6,8H2,1H3,(H,15,16). The van der Waals surface area contributed by atoms with Crippen LogP contribution in [0.4, 0.5) is 11.4 Å². The second-order valence-corrected chi connectivity index (χ2v) is 3.98. The number of carbonyl (C=O) groups is 1. The van der Waals surface area contributed by atoms with Gasteiger partial charge >= 0.3 is 5.97 Å². The molecular formula is C12H16N2O3. The van der Waals surface area contributed by atoms with Crippen molar-refractivity contribution in [3.63, 3.8) is 0 Å². The molecule has 0 fully saturated rings. The average Bonchev–Trinajstić information content (AvgIpc) is 2.50. The van der Waals surface area contributed by atoms with E-state index < -0.39 is 5.97 Å². The summed E-state index contributed by atoms with van der Waals surface area (Å²) >= 11 is 0. The molecule has 2 N–H and O–H groups in total. The Kier molecular flexibility index (Phi) is 3.37. The highest BCUT2D eigenvalue weighted by Crippen LogP contribution is 2.31. The summed E-state index contributed by atoms with van der Waals surface area (Å²) in [5, 5.41) is 12.2. The van der Waals surface area contributed by atoms with Crippen LogP contribution in [0.15, 0.2) is 18.2 Å². The average molecular weight is 236 g/mol. The minimum Gasteiger partial charge on any atom is -0.497 e. The first-order chi connectivity index (χ1) is 8.20. The molecule has 1 heterocycles. The zero-order chi connectivity index (χ0) is 12.3. The fourth-order valence-electron chi connectivity index (χ4n) is 2.00. The maximum Gasteiger partial charge on any atom is 0.323 e. The van der Waals surface area contributed by atoms with Crippen LogP contribution in [-0.2, 0) is 4.79 Å². The predicted octanol–water partition coefficient (Wildman–Crippen LogP) is 1.40. The number of aliphatic carboxylic acids is 1. The molecule has 17 heavy (non-hydrogen) atoms. The number of carboxylic acids is 1. The summed E-state index contributed by atoms with van der Waals surface area (Å²) in [6.07, 6.45) is 0.921. The number of ether oxygens (including phenoxy) is 1. The van der Waals surface area contributed by atoms with Gasteiger partial charge in [-0.3, -0.25) is 4.79 Å². The fraction of sp³-hybridized carbons (Fsp3) is 0.417. The zero-order valence-electron chi connectivity index (χ0n) is 9.77. The van der Waals surface area contributed by atoms with Crippen LogP contribution in [0.3, 0.4) is 0 Å². The minimum absolute atomic E-state index is 0.0288. The van der Waals surface area contributed by atoms with Gasteiger partial charge in [-0.2, -0.15) is 0 Å². The molecule has 1 aromatic rings. The molecular weight excluding hydrogens is 220 g/mol. The van der Waals surface area contributed by atoms with Crippen molar-refractivity contribution in [1.29, 1.82) is 0 Å². The Hall–Kier alpha value is -1.91. The molecule has 2 rings (SSSR count). The van der Waals surface area contributed by atoms with Gasteiger partial charge in [0.05, 0.1) is 18.5 Å². The summed E-state index contributed by atoms with van der Waals surface area (Å²) < 4.78 is 5.16. The number of fused-ring (bicyclic) bond motifs is 1. The largest absolute Gasteiger partial charge is 0.497 e. The predicted molar refractivity (Wildman–Crippen MR) is 65.9 cm³/mol. The molecule has 0 amide bonds. The lowest BCUT2D eigenvalue weighted by molar-refractivity contribution is -0.135. The van der Waals surface area contributed by atoms with Gasteiger partial charge in [0.2, 0.25) is 0 Å². The first-order valence-corrected chi connectivity index (χ1v) is 5.59. The summed E-state index contributed by atoms with van der Waals surface area (Å²) in [6, 6.07) is 5.64. The molecule has 1 aromatic carbocycles. The molecule has 5 heteroatoms. The minimum atomic E-state index is -0.811. The van der Waals surface area contributed by atoms with E-state index in [0.717, 1.165) is 36.6 Å². The Labute approximate surface area is 100.0 Å². The van der Waals surface area contributed by atoms with Crippen molar-refractivity contribution in [2.24, 2.45) is 0 Å². The van der Waals surface area contributed by atoms with Gasteiger partial charge < -0.3 is 20.1 Å². The normalized spacial score (nSPS) is 14.5. The fourth-order valence-corrected chi connectivity index (χ4v) is 2.00. The van der Waals surface area contributed by atoms with Gasteiger partial charge in [-0.15, -0.1) is 0 Å². The van der Waals surface area contributed by atoms with Gasteiger partial charge in [-0.05, 0) is 18.6 Å².